The Morgan fingerprint density at radius 3 is 2.43 bits per heavy atom. The summed E-state index contributed by atoms with van der Waals surface area (Å²) in [6.45, 7) is 9.73. The largest absolute Gasteiger partial charge is 0.505 e. The molecule has 21 heavy (non-hydrogen) atoms. The predicted molar refractivity (Wildman–Crippen MR) is 81.2 cm³/mol. The van der Waals surface area contributed by atoms with E-state index in [2.05, 4.69) is 18.6 Å². The Hall–Kier alpha value is -1.62. The number of ketones is 1. The van der Waals surface area contributed by atoms with Gasteiger partial charge in [0.1, 0.15) is 0 Å². The van der Waals surface area contributed by atoms with Crippen LogP contribution in [0.3, 0.4) is 0 Å². The van der Waals surface area contributed by atoms with Gasteiger partial charge in [0.25, 0.3) is 0 Å². The average Bonchev–Trinajstić information content (AvgIpc) is 2.34. The number of aliphatic hydroxyl groups excluding tert-OH is 1. The number of carboxylic acid groups (broad SMARTS) is 1. The van der Waals surface area contributed by atoms with Gasteiger partial charge in [-0.15, -0.1) is 0 Å². The lowest BCUT2D eigenvalue weighted by atomic mass is 9.72. The van der Waals surface area contributed by atoms with Crippen molar-refractivity contribution in [2.75, 3.05) is 6.61 Å². The van der Waals surface area contributed by atoms with Gasteiger partial charge in [-0.05, 0) is 43.8 Å². The third-order valence-electron chi connectivity index (χ3n) is 3.34. The molecule has 0 fully saturated rings. The van der Waals surface area contributed by atoms with Crippen molar-refractivity contribution >= 4 is 11.9 Å². The first-order valence-electron chi connectivity index (χ1n) is 7.08. The number of rotatable bonds is 3. The molecule has 0 saturated carbocycles. The van der Waals surface area contributed by atoms with Crippen molar-refractivity contribution in [3.8, 4) is 0 Å². The zero-order valence-electron chi connectivity index (χ0n) is 13.5. The summed E-state index contributed by atoms with van der Waals surface area (Å²) in [6, 6.07) is 0. The molecule has 2 N–H and O–H groups in total. The summed E-state index contributed by atoms with van der Waals surface area (Å²) in [6.07, 6.45) is 3.50. The first kappa shape index (κ1) is 19.4. The van der Waals surface area contributed by atoms with Crippen LogP contribution in [0, 0.1) is 5.41 Å². The van der Waals surface area contributed by atoms with Crippen LogP contribution in [0.4, 0.5) is 4.79 Å². The molecule has 0 spiro atoms. The predicted octanol–water partition coefficient (Wildman–Crippen LogP) is 3.33. The van der Waals surface area contributed by atoms with Crippen LogP contribution in [-0.2, 0) is 9.53 Å². The van der Waals surface area contributed by atoms with E-state index in [9.17, 15) is 14.7 Å². The average molecular weight is 298 g/mol. The number of ether oxygens (including phenoxy) is 1. The Bertz CT molecular complexity index is 430. The normalized spacial score (nSPS) is 19.0. The summed E-state index contributed by atoms with van der Waals surface area (Å²) < 4.78 is 3.96. The molecule has 0 saturated heterocycles. The zero-order chi connectivity index (χ0) is 16.6. The monoisotopic (exact) mass is 298 g/mol. The van der Waals surface area contributed by atoms with E-state index >= 15 is 0 Å². The summed E-state index contributed by atoms with van der Waals surface area (Å²) in [5.41, 5.74) is 1.96. The van der Waals surface area contributed by atoms with Crippen LogP contribution in [0.15, 0.2) is 23.3 Å². The van der Waals surface area contributed by atoms with Gasteiger partial charge in [0.15, 0.2) is 5.78 Å². The van der Waals surface area contributed by atoms with E-state index in [-0.39, 0.29) is 17.8 Å². The second-order valence-electron chi connectivity index (χ2n) is 5.64. The number of hydrogen-bond donors (Lipinski definition) is 2. The van der Waals surface area contributed by atoms with Gasteiger partial charge in [-0.2, -0.15) is 0 Å². The Labute approximate surface area is 126 Å². The molecule has 1 atom stereocenters. The zero-order valence-corrected chi connectivity index (χ0v) is 13.5. The van der Waals surface area contributed by atoms with Crippen molar-refractivity contribution in [1.29, 1.82) is 0 Å². The van der Waals surface area contributed by atoms with Crippen LogP contribution < -0.4 is 0 Å². The summed E-state index contributed by atoms with van der Waals surface area (Å²) in [4.78, 5) is 21.0. The maximum atomic E-state index is 11.6. The van der Waals surface area contributed by atoms with Crippen LogP contribution in [0.25, 0.3) is 0 Å². The fraction of sp³-hybridized carbons (Fsp3) is 0.625. The maximum Gasteiger partial charge on any atom is 0.505 e. The lowest BCUT2D eigenvalue weighted by molar-refractivity contribution is -0.116. The second kappa shape index (κ2) is 8.62. The van der Waals surface area contributed by atoms with Crippen molar-refractivity contribution in [3.63, 3.8) is 0 Å². The Morgan fingerprint density at radius 2 is 2.05 bits per heavy atom. The van der Waals surface area contributed by atoms with Gasteiger partial charge in [0.05, 0.1) is 12.7 Å². The number of Topliss-reactive ketones (excluding diaryl/α,β-unsaturated/α-hetero) is 1. The molecule has 1 aliphatic rings. The molecule has 0 aromatic carbocycles. The SMILES string of the molecule is CC1=C(C=CC(C)O)C(C)(C)CCC1=O.CCOC(=O)O. The van der Waals surface area contributed by atoms with Gasteiger partial charge in [-0.25, -0.2) is 4.79 Å². The first-order valence-corrected chi connectivity index (χ1v) is 7.08. The highest BCUT2D eigenvalue weighted by atomic mass is 16.7. The van der Waals surface area contributed by atoms with Crippen LogP contribution in [0.5, 0.6) is 0 Å². The molecule has 5 heteroatoms. The van der Waals surface area contributed by atoms with Crippen molar-refractivity contribution in [3.05, 3.63) is 23.3 Å². The molecular weight excluding hydrogens is 272 g/mol. The fourth-order valence-corrected chi connectivity index (χ4v) is 2.12. The summed E-state index contributed by atoms with van der Waals surface area (Å²) in [7, 11) is 0. The highest BCUT2D eigenvalue weighted by molar-refractivity contribution is 5.97. The van der Waals surface area contributed by atoms with Crippen molar-refractivity contribution in [2.45, 2.75) is 53.6 Å². The number of carbonyl (C=O) groups excluding carboxylic acids is 1. The van der Waals surface area contributed by atoms with E-state index in [0.717, 1.165) is 17.6 Å². The van der Waals surface area contributed by atoms with Gasteiger partial charge in [0, 0.05) is 6.42 Å². The van der Waals surface area contributed by atoms with Gasteiger partial charge in [-0.1, -0.05) is 26.0 Å². The third kappa shape index (κ3) is 7.09. The molecule has 0 bridgehead atoms. The number of allylic oxidation sites excluding steroid dienone is 3. The topological polar surface area (TPSA) is 83.8 Å². The molecular formula is C16H26O5. The molecule has 0 aromatic heterocycles. The van der Waals surface area contributed by atoms with E-state index in [1.165, 1.54) is 0 Å². The lowest BCUT2D eigenvalue weighted by Crippen LogP contribution is -2.24. The second-order valence-corrected chi connectivity index (χ2v) is 5.64. The smallest absolute Gasteiger partial charge is 0.450 e. The molecule has 1 unspecified atom stereocenters. The van der Waals surface area contributed by atoms with Crippen LogP contribution in [-0.4, -0.2) is 34.9 Å². The van der Waals surface area contributed by atoms with Gasteiger partial charge < -0.3 is 14.9 Å². The maximum absolute atomic E-state index is 11.6. The van der Waals surface area contributed by atoms with Crippen molar-refractivity contribution < 1.29 is 24.5 Å². The molecule has 0 aromatic rings. The first-order chi connectivity index (χ1) is 9.61. The minimum atomic E-state index is -1.21. The molecule has 1 aliphatic carbocycles. The van der Waals surface area contributed by atoms with E-state index in [4.69, 9.17) is 5.11 Å². The third-order valence-corrected chi connectivity index (χ3v) is 3.34. The number of hydrogen-bond acceptors (Lipinski definition) is 4. The van der Waals surface area contributed by atoms with Crippen molar-refractivity contribution in [2.24, 2.45) is 5.41 Å². The highest BCUT2D eigenvalue weighted by Crippen LogP contribution is 2.39. The fourth-order valence-electron chi connectivity index (χ4n) is 2.12. The molecule has 5 nitrogen and oxygen atoms in total. The number of carbonyl (C=O) groups is 2. The van der Waals surface area contributed by atoms with E-state index in [1.807, 2.05) is 13.0 Å². The molecule has 0 amide bonds. The van der Waals surface area contributed by atoms with Crippen LogP contribution in [0.2, 0.25) is 0 Å². The summed E-state index contributed by atoms with van der Waals surface area (Å²) in [5, 5.41) is 16.9. The minimum absolute atomic E-state index is 0.0450. The quantitative estimate of drug-likeness (QED) is 0.781. The Morgan fingerprint density at radius 1 is 1.48 bits per heavy atom. The minimum Gasteiger partial charge on any atom is -0.450 e. The van der Waals surface area contributed by atoms with Crippen LogP contribution >= 0.6 is 0 Å². The van der Waals surface area contributed by atoms with Gasteiger partial charge in [-0.3, -0.25) is 4.79 Å². The molecule has 1 rings (SSSR count). The molecule has 0 heterocycles. The molecule has 120 valence electrons. The summed E-state index contributed by atoms with van der Waals surface area (Å²) >= 11 is 0. The van der Waals surface area contributed by atoms with E-state index in [1.54, 1.807) is 19.9 Å². The van der Waals surface area contributed by atoms with Gasteiger partial charge >= 0.3 is 6.16 Å². The summed E-state index contributed by atoms with van der Waals surface area (Å²) in [5.74, 6) is 0.236. The van der Waals surface area contributed by atoms with E-state index < -0.39 is 12.3 Å². The Kier molecular flexibility index (Phi) is 7.95. The van der Waals surface area contributed by atoms with Gasteiger partial charge in [0.2, 0.25) is 0 Å². The molecule has 0 aliphatic heterocycles. The Balaban J connectivity index is 0.000000567. The molecule has 0 radical (unpaired) electrons. The lowest BCUT2D eigenvalue weighted by Gasteiger charge is -2.32. The number of aliphatic hydroxyl groups is 1. The van der Waals surface area contributed by atoms with Crippen molar-refractivity contribution in [1.82, 2.24) is 0 Å². The standard InChI is InChI=1S/C13H20O2.C3H6O3/c1-9(14)5-6-11-10(2)12(15)7-8-13(11,3)4;1-2-6-3(4)5/h5-6,9,14H,7-8H2,1-4H3;2H2,1H3,(H,4,5). The van der Waals surface area contributed by atoms with Crippen LogP contribution in [0.1, 0.15) is 47.5 Å². The van der Waals surface area contributed by atoms with E-state index in [0.29, 0.717) is 6.42 Å². The highest BCUT2D eigenvalue weighted by Gasteiger charge is 2.30.